The zero-order chi connectivity index (χ0) is 30.1. The second-order valence-corrected chi connectivity index (χ2v) is 11.7. The summed E-state index contributed by atoms with van der Waals surface area (Å²) in [5.41, 5.74) is 7.86. The molecule has 0 aromatic carbocycles. The highest BCUT2D eigenvalue weighted by molar-refractivity contribution is 5.77. The van der Waals surface area contributed by atoms with Crippen LogP contribution in [-0.4, -0.2) is 72.3 Å². The average molecular weight is 595 g/mol. The molecule has 0 aliphatic carbocycles. The van der Waals surface area contributed by atoms with E-state index in [0.29, 0.717) is 0 Å². The molecule has 0 unspecified atom stereocenters. The maximum Gasteiger partial charge on any atom is 0.0659 e. The van der Waals surface area contributed by atoms with E-state index in [-0.39, 0.29) is 0 Å². The molecule has 0 amide bonds. The molecule has 3 aromatic rings. The molecule has 0 spiro atoms. The molecule has 44 heavy (non-hydrogen) atoms. The van der Waals surface area contributed by atoms with Gasteiger partial charge in [-0.1, -0.05) is 0 Å². The van der Waals surface area contributed by atoms with Crippen molar-refractivity contribution >= 4 is 46.4 Å². The Balaban J connectivity index is 0.000000153. The zero-order valence-corrected chi connectivity index (χ0v) is 26.1. The molecule has 9 heterocycles. The van der Waals surface area contributed by atoms with Crippen LogP contribution in [0.2, 0.25) is 0 Å². The summed E-state index contributed by atoms with van der Waals surface area (Å²) < 4.78 is 0. The van der Waals surface area contributed by atoms with E-state index in [2.05, 4.69) is 71.5 Å². The van der Waals surface area contributed by atoms with Crippen molar-refractivity contribution in [3.8, 4) is 0 Å². The topological polar surface area (TPSA) is 105 Å². The number of nitrogens with zero attached hydrogens (tertiary/aromatic N) is 2. The number of nitrogens with one attached hydrogen (secondary N) is 6. The number of H-pyrrole nitrogens is 2. The Labute approximate surface area is 262 Å². The van der Waals surface area contributed by atoms with Gasteiger partial charge in [-0.25, -0.2) is 9.97 Å². The minimum atomic E-state index is 0.915. The smallest absolute Gasteiger partial charge is 0.0659 e. The van der Waals surface area contributed by atoms with E-state index in [4.69, 9.17) is 0 Å². The summed E-state index contributed by atoms with van der Waals surface area (Å²) in [6.45, 7) is 10.0. The lowest BCUT2D eigenvalue weighted by Crippen LogP contribution is -2.03. The SMILES string of the molecule is C1=Cc2cc3ccc(cc4ccc(cc5nc(cc1n2)C=C5)[nH]4)[nH]3.C1CCNC1.C1CCNC1.C1CCNC1.C1CCNC1. The maximum absolute atomic E-state index is 4.62. The molecule has 8 bridgehead atoms. The molecule has 3 aromatic heterocycles. The quantitative estimate of drug-likeness (QED) is 0.129. The molecule has 234 valence electrons. The molecular formula is C36H50N8. The van der Waals surface area contributed by atoms with Crippen molar-refractivity contribution in [3.63, 3.8) is 0 Å². The number of aromatic nitrogens is 4. The van der Waals surface area contributed by atoms with Crippen LogP contribution in [-0.2, 0) is 0 Å². The summed E-state index contributed by atoms with van der Waals surface area (Å²) in [6, 6.07) is 16.4. The van der Waals surface area contributed by atoms with Crippen molar-refractivity contribution in [2.75, 3.05) is 52.4 Å². The van der Waals surface area contributed by atoms with E-state index in [1.54, 1.807) is 0 Å². The lowest BCUT2D eigenvalue weighted by molar-refractivity contribution is 0.857. The van der Waals surface area contributed by atoms with Gasteiger partial charge in [-0.2, -0.15) is 0 Å². The molecule has 4 fully saturated rings. The van der Waals surface area contributed by atoms with Gasteiger partial charge >= 0.3 is 0 Å². The Morgan fingerprint density at radius 2 is 0.614 bits per heavy atom. The van der Waals surface area contributed by atoms with Crippen LogP contribution < -0.4 is 21.3 Å². The fraction of sp³-hybridized carbons (Fsp3) is 0.444. The van der Waals surface area contributed by atoms with Crippen LogP contribution >= 0.6 is 0 Å². The Kier molecular flexibility index (Phi) is 13.2. The first-order valence-corrected chi connectivity index (χ1v) is 16.7. The van der Waals surface area contributed by atoms with Gasteiger partial charge in [0.1, 0.15) is 0 Å². The molecule has 8 heteroatoms. The molecule has 6 N–H and O–H groups in total. The number of aromatic amines is 2. The summed E-state index contributed by atoms with van der Waals surface area (Å²) in [5, 5.41) is 12.9. The fourth-order valence-corrected chi connectivity index (χ4v) is 5.44. The van der Waals surface area contributed by atoms with Gasteiger partial charge in [0.2, 0.25) is 0 Å². The number of hydrogen-bond donors (Lipinski definition) is 6. The first kappa shape index (κ1) is 31.9. The Morgan fingerprint density at radius 1 is 0.341 bits per heavy atom. The molecule has 6 aliphatic heterocycles. The van der Waals surface area contributed by atoms with Gasteiger partial charge in [-0.3, -0.25) is 0 Å². The number of rotatable bonds is 0. The van der Waals surface area contributed by atoms with E-state index < -0.39 is 0 Å². The highest BCUT2D eigenvalue weighted by Crippen LogP contribution is 2.17. The van der Waals surface area contributed by atoms with Crippen LogP contribution in [0.3, 0.4) is 0 Å². The minimum Gasteiger partial charge on any atom is -0.355 e. The normalized spacial score (nSPS) is 17.8. The van der Waals surface area contributed by atoms with Gasteiger partial charge in [0.15, 0.2) is 0 Å². The van der Waals surface area contributed by atoms with E-state index in [1.807, 2.05) is 42.5 Å². The van der Waals surface area contributed by atoms with E-state index >= 15 is 0 Å². The monoisotopic (exact) mass is 594 g/mol. The molecule has 0 radical (unpaired) electrons. The van der Waals surface area contributed by atoms with Gasteiger partial charge in [-0.05, 0) is 177 Å². The van der Waals surface area contributed by atoms with Crippen LogP contribution in [0.25, 0.3) is 46.4 Å². The zero-order valence-electron chi connectivity index (χ0n) is 26.1. The number of fused-ring (bicyclic) bond motifs is 8. The Bertz CT molecular complexity index is 1320. The molecule has 6 aliphatic rings. The summed E-state index contributed by atoms with van der Waals surface area (Å²) in [7, 11) is 0. The van der Waals surface area contributed by atoms with Crippen molar-refractivity contribution in [2.24, 2.45) is 0 Å². The highest BCUT2D eigenvalue weighted by Gasteiger charge is 2.02. The van der Waals surface area contributed by atoms with Crippen LogP contribution in [0, 0.1) is 0 Å². The van der Waals surface area contributed by atoms with Crippen molar-refractivity contribution < 1.29 is 0 Å². The third-order valence-corrected chi connectivity index (χ3v) is 7.87. The third kappa shape index (κ3) is 11.5. The second kappa shape index (κ2) is 18.3. The molecule has 9 rings (SSSR count). The van der Waals surface area contributed by atoms with Crippen LogP contribution in [0.1, 0.15) is 74.1 Å². The molecule has 0 atom stereocenters. The third-order valence-electron chi connectivity index (χ3n) is 7.87. The molecule has 0 saturated carbocycles. The predicted molar refractivity (Wildman–Crippen MR) is 187 cm³/mol. The molecule has 4 saturated heterocycles. The first-order chi connectivity index (χ1) is 21.8. The largest absolute Gasteiger partial charge is 0.355 e. The van der Waals surface area contributed by atoms with E-state index in [0.717, 1.165) is 44.8 Å². The van der Waals surface area contributed by atoms with Crippen molar-refractivity contribution in [1.29, 1.82) is 0 Å². The molecule has 8 nitrogen and oxygen atoms in total. The maximum atomic E-state index is 4.62. The van der Waals surface area contributed by atoms with E-state index in [9.17, 15) is 0 Å². The lowest BCUT2D eigenvalue weighted by Gasteiger charge is -1.86. The summed E-state index contributed by atoms with van der Waals surface area (Å²) >= 11 is 0. The predicted octanol–water partition coefficient (Wildman–Crippen LogP) is 6.13. The van der Waals surface area contributed by atoms with Gasteiger partial charge in [-0.15, -0.1) is 0 Å². The summed E-state index contributed by atoms with van der Waals surface area (Å²) in [6.07, 6.45) is 19.2. The molecular weight excluding hydrogens is 544 g/mol. The summed E-state index contributed by atoms with van der Waals surface area (Å²) in [4.78, 5) is 16.0. The van der Waals surface area contributed by atoms with E-state index in [1.165, 1.54) is 104 Å². The van der Waals surface area contributed by atoms with Crippen molar-refractivity contribution in [2.45, 2.75) is 51.4 Å². The average Bonchev–Trinajstić information content (AvgIpc) is 3.87. The van der Waals surface area contributed by atoms with Crippen LogP contribution in [0.4, 0.5) is 0 Å². The number of hydrogen-bond acceptors (Lipinski definition) is 6. The van der Waals surface area contributed by atoms with Gasteiger partial charge in [0.05, 0.1) is 22.8 Å². The van der Waals surface area contributed by atoms with Crippen molar-refractivity contribution in [3.05, 3.63) is 71.3 Å². The minimum absolute atomic E-state index is 0.915. The fourth-order valence-electron chi connectivity index (χ4n) is 5.44. The van der Waals surface area contributed by atoms with Gasteiger partial charge < -0.3 is 31.2 Å². The second-order valence-electron chi connectivity index (χ2n) is 11.7. The van der Waals surface area contributed by atoms with Crippen LogP contribution in [0.15, 0.2) is 48.5 Å². The summed E-state index contributed by atoms with van der Waals surface area (Å²) in [5.74, 6) is 0. The Hall–Kier alpha value is -3.56. The first-order valence-electron chi connectivity index (χ1n) is 16.7. The van der Waals surface area contributed by atoms with Crippen molar-refractivity contribution in [1.82, 2.24) is 41.2 Å². The van der Waals surface area contributed by atoms with Gasteiger partial charge in [0.25, 0.3) is 0 Å². The Morgan fingerprint density at radius 3 is 0.886 bits per heavy atom. The lowest BCUT2D eigenvalue weighted by atomic mass is 10.3. The standard InChI is InChI=1S/C20H14N4.4C4H9N/c1-2-14-10-16-5-6-18(23-16)12-20-8-7-19(24-20)11-17-4-3-15(22-17)9-13(1)21-14;4*1-2-4-5-3-1/h1-12,21-22H;4*5H,1-4H2. The van der Waals surface area contributed by atoms with Crippen LogP contribution in [0.5, 0.6) is 0 Å². The highest BCUT2D eigenvalue weighted by atomic mass is 14.9. The van der Waals surface area contributed by atoms with Gasteiger partial charge in [0, 0.05) is 22.1 Å².